The molecule has 248 valence electrons. The predicted octanol–water partition coefficient (Wildman–Crippen LogP) is 8.32. The normalized spacial score (nSPS) is 12.1. The Kier molecular flexibility index (Phi) is 9.29. The van der Waals surface area contributed by atoms with Crippen LogP contribution in [0.5, 0.6) is 28.7 Å². The smallest absolute Gasteiger partial charge is 0.203 e. The maximum absolute atomic E-state index is 14.4. The molecule has 0 spiro atoms. The average molecular weight is 663 g/mol. The number of ketones is 2. The summed E-state index contributed by atoms with van der Waals surface area (Å²) in [6.45, 7) is 0.767. The number of hydrogen-bond donors (Lipinski definition) is 2. The standard InChI is InChI=1S/C43H34O7/c44-34-20-10-18-32-39(33-19-11-21-35(45)41(33)42(47)40(32)34)36(46)22-31-23-37(48-25-28-12-4-1-5-13-28)43(50-27-30-16-8-3-9-17-30)38(24-31)49-26-29-14-6-2-7-15-29/h1-21,23-24,39,44-45H,22,25-27H2. The highest BCUT2D eigenvalue weighted by Gasteiger charge is 2.38. The van der Waals surface area contributed by atoms with Crippen LogP contribution >= 0.6 is 0 Å². The number of hydrogen-bond acceptors (Lipinski definition) is 7. The van der Waals surface area contributed by atoms with E-state index in [1.165, 1.54) is 12.1 Å². The molecule has 0 saturated heterocycles. The van der Waals surface area contributed by atoms with Crippen LogP contribution in [0.15, 0.2) is 140 Å². The minimum Gasteiger partial charge on any atom is -0.507 e. The van der Waals surface area contributed by atoms with Crippen molar-refractivity contribution in [2.75, 3.05) is 0 Å². The molecule has 0 atom stereocenters. The van der Waals surface area contributed by atoms with Crippen molar-refractivity contribution >= 4 is 11.6 Å². The molecular formula is C43H34O7. The molecule has 50 heavy (non-hydrogen) atoms. The highest BCUT2D eigenvalue weighted by molar-refractivity contribution is 6.18. The summed E-state index contributed by atoms with van der Waals surface area (Å²) in [7, 11) is 0. The summed E-state index contributed by atoms with van der Waals surface area (Å²) in [6, 6.07) is 42.2. The monoisotopic (exact) mass is 662 g/mol. The molecule has 0 fully saturated rings. The molecule has 0 unspecified atom stereocenters. The zero-order valence-corrected chi connectivity index (χ0v) is 27.1. The van der Waals surface area contributed by atoms with Crippen LogP contribution in [0.4, 0.5) is 0 Å². The fourth-order valence-corrected chi connectivity index (χ4v) is 6.32. The van der Waals surface area contributed by atoms with Gasteiger partial charge in [0.2, 0.25) is 11.5 Å². The van der Waals surface area contributed by atoms with Crippen LogP contribution < -0.4 is 14.2 Å². The Labute approximate surface area is 290 Å². The van der Waals surface area contributed by atoms with Crippen molar-refractivity contribution in [2.45, 2.75) is 32.2 Å². The molecule has 0 heterocycles. The number of benzene rings is 6. The van der Waals surface area contributed by atoms with E-state index < -0.39 is 11.7 Å². The SMILES string of the molecule is O=C1c2c(O)cccc2C(C(=O)Cc2cc(OCc3ccccc3)c(OCc3ccccc3)c(OCc3ccccc3)c2)c2cccc(O)c21. The minimum absolute atomic E-state index is 0.0169. The lowest BCUT2D eigenvalue weighted by Gasteiger charge is -2.27. The van der Waals surface area contributed by atoms with E-state index in [0.29, 0.717) is 33.9 Å². The number of rotatable bonds is 12. The summed E-state index contributed by atoms with van der Waals surface area (Å²) in [5.74, 6) is -0.930. The second-order valence-corrected chi connectivity index (χ2v) is 12.1. The largest absolute Gasteiger partial charge is 0.507 e. The first-order chi connectivity index (χ1) is 24.5. The molecular weight excluding hydrogens is 628 g/mol. The molecule has 0 radical (unpaired) electrons. The molecule has 6 aromatic carbocycles. The van der Waals surface area contributed by atoms with Crippen molar-refractivity contribution in [3.05, 3.63) is 184 Å². The summed E-state index contributed by atoms with van der Waals surface area (Å²) in [6.07, 6.45) is -0.0641. The van der Waals surface area contributed by atoms with E-state index in [2.05, 4.69) is 0 Å². The van der Waals surface area contributed by atoms with Crippen molar-refractivity contribution in [2.24, 2.45) is 0 Å². The van der Waals surface area contributed by atoms with Crippen LogP contribution in [-0.2, 0) is 31.0 Å². The van der Waals surface area contributed by atoms with Gasteiger partial charge in [0.25, 0.3) is 0 Å². The summed E-state index contributed by atoms with van der Waals surface area (Å²) in [4.78, 5) is 27.9. The first-order valence-electron chi connectivity index (χ1n) is 16.3. The van der Waals surface area contributed by atoms with Crippen LogP contribution in [0.3, 0.4) is 0 Å². The first-order valence-corrected chi connectivity index (χ1v) is 16.3. The van der Waals surface area contributed by atoms with Crippen molar-refractivity contribution in [3.63, 3.8) is 0 Å². The molecule has 0 aromatic heterocycles. The molecule has 7 rings (SSSR count). The van der Waals surface area contributed by atoms with Crippen LogP contribution in [0.2, 0.25) is 0 Å². The zero-order chi connectivity index (χ0) is 34.5. The quantitative estimate of drug-likeness (QED) is 0.136. The van der Waals surface area contributed by atoms with Gasteiger partial charge in [-0.25, -0.2) is 0 Å². The van der Waals surface area contributed by atoms with Gasteiger partial charge < -0.3 is 24.4 Å². The lowest BCUT2D eigenvalue weighted by atomic mass is 9.74. The third kappa shape index (κ3) is 6.80. The number of phenolic OH excluding ortho intramolecular Hbond substituents is 2. The van der Waals surface area contributed by atoms with Gasteiger partial charge in [-0.1, -0.05) is 115 Å². The Balaban J connectivity index is 1.28. The molecule has 1 aliphatic rings. The maximum atomic E-state index is 14.4. The maximum Gasteiger partial charge on any atom is 0.203 e. The van der Waals surface area contributed by atoms with Crippen molar-refractivity contribution in [1.82, 2.24) is 0 Å². The summed E-state index contributed by atoms with van der Waals surface area (Å²) < 4.78 is 19.2. The number of aromatic hydroxyl groups is 2. The molecule has 7 nitrogen and oxygen atoms in total. The molecule has 0 aliphatic heterocycles. The van der Waals surface area contributed by atoms with Gasteiger partial charge in [0.1, 0.15) is 37.1 Å². The second kappa shape index (κ2) is 14.4. The fraction of sp³-hybridized carbons (Fsp3) is 0.116. The van der Waals surface area contributed by atoms with Gasteiger partial charge in [-0.05, 0) is 57.6 Å². The molecule has 2 N–H and O–H groups in total. The number of carbonyl (C=O) groups excluding carboxylic acids is 2. The van der Waals surface area contributed by atoms with Crippen molar-refractivity contribution in [3.8, 4) is 28.7 Å². The van der Waals surface area contributed by atoms with Gasteiger partial charge in [-0.3, -0.25) is 9.59 Å². The van der Waals surface area contributed by atoms with Gasteiger partial charge in [-0.2, -0.15) is 0 Å². The number of fused-ring (bicyclic) bond motifs is 2. The second-order valence-electron chi connectivity index (χ2n) is 12.1. The number of carbonyl (C=O) groups is 2. The predicted molar refractivity (Wildman–Crippen MR) is 189 cm³/mol. The molecule has 0 amide bonds. The van der Waals surface area contributed by atoms with E-state index in [1.54, 1.807) is 36.4 Å². The van der Waals surface area contributed by atoms with E-state index in [9.17, 15) is 19.8 Å². The number of ether oxygens (including phenoxy) is 3. The Bertz CT molecular complexity index is 2020. The summed E-state index contributed by atoms with van der Waals surface area (Å²) >= 11 is 0. The van der Waals surface area contributed by atoms with Crippen LogP contribution in [0, 0.1) is 0 Å². The van der Waals surface area contributed by atoms with Gasteiger partial charge in [0, 0.05) is 6.42 Å². The van der Waals surface area contributed by atoms with Gasteiger partial charge in [-0.15, -0.1) is 0 Å². The van der Waals surface area contributed by atoms with E-state index in [0.717, 1.165) is 16.7 Å². The molecule has 0 bridgehead atoms. The third-order valence-electron chi connectivity index (χ3n) is 8.71. The highest BCUT2D eigenvalue weighted by Crippen LogP contribution is 2.45. The summed E-state index contributed by atoms with van der Waals surface area (Å²) in [5.41, 5.74) is 4.29. The van der Waals surface area contributed by atoms with Crippen LogP contribution in [0.25, 0.3) is 0 Å². The first kappa shape index (κ1) is 32.2. The van der Waals surface area contributed by atoms with Gasteiger partial charge >= 0.3 is 0 Å². The third-order valence-corrected chi connectivity index (χ3v) is 8.71. The number of phenols is 2. The minimum atomic E-state index is -0.909. The van der Waals surface area contributed by atoms with E-state index in [-0.39, 0.29) is 54.7 Å². The van der Waals surface area contributed by atoms with Crippen LogP contribution in [0.1, 0.15) is 55.2 Å². The topological polar surface area (TPSA) is 102 Å². The summed E-state index contributed by atoms with van der Waals surface area (Å²) in [5, 5.41) is 21.4. The fourth-order valence-electron chi connectivity index (χ4n) is 6.32. The van der Waals surface area contributed by atoms with Gasteiger partial charge in [0.15, 0.2) is 11.5 Å². The average Bonchev–Trinajstić information content (AvgIpc) is 3.14. The van der Waals surface area contributed by atoms with Gasteiger partial charge in [0.05, 0.1) is 17.0 Å². The van der Waals surface area contributed by atoms with E-state index in [4.69, 9.17) is 14.2 Å². The van der Waals surface area contributed by atoms with Crippen molar-refractivity contribution < 1.29 is 34.0 Å². The lowest BCUT2D eigenvalue weighted by Crippen LogP contribution is -2.26. The molecule has 0 saturated carbocycles. The Morgan fingerprint density at radius 2 is 0.940 bits per heavy atom. The molecule has 1 aliphatic carbocycles. The van der Waals surface area contributed by atoms with E-state index in [1.807, 2.05) is 91.0 Å². The van der Waals surface area contributed by atoms with Crippen molar-refractivity contribution in [1.29, 1.82) is 0 Å². The highest BCUT2D eigenvalue weighted by atomic mass is 16.5. The lowest BCUT2D eigenvalue weighted by molar-refractivity contribution is -0.119. The van der Waals surface area contributed by atoms with E-state index >= 15 is 0 Å². The zero-order valence-electron chi connectivity index (χ0n) is 27.1. The Hall–Kier alpha value is -6.34. The molecule has 6 aromatic rings. The van der Waals surface area contributed by atoms with Crippen LogP contribution in [-0.4, -0.2) is 21.8 Å². The number of Topliss-reactive ketones (excluding diaryl/α,β-unsaturated/α-hetero) is 1. The Morgan fingerprint density at radius 3 is 1.38 bits per heavy atom. The molecule has 7 heteroatoms. The Morgan fingerprint density at radius 1 is 0.520 bits per heavy atom.